The van der Waals surface area contributed by atoms with E-state index in [0.717, 1.165) is 10.6 Å². The number of nitro groups is 1. The van der Waals surface area contributed by atoms with E-state index in [0.29, 0.717) is 5.56 Å². The second-order valence-corrected chi connectivity index (χ2v) is 5.18. The van der Waals surface area contributed by atoms with Crippen LogP contribution in [0.3, 0.4) is 0 Å². The SMILES string of the molecule is COc1ccccc1SCC(=O)c1ccc([N+](=O)[O-])cc1. The van der Waals surface area contributed by atoms with Crippen LogP contribution in [0.5, 0.6) is 5.75 Å². The van der Waals surface area contributed by atoms with Crippen LogP contribution >= 0.6 is 11.8 Å². The first-order valence-electron chi connectivity index (χ1n) is 6.15. The molecule has 108 valence electrons. The highest BCUT2D eigenvalue weighted by molar-refractivity contribution is 8.00. The van der Waals surface area contributed by atoms with Crippen molar-refractivity contribution in [2.24, 2.45) is 0 Å². The van der Waals surface area contributed by atoms with Gasteiger partial charge in [-0.15, -0.1) is 11.8 Å². The lowest BCUT2D eigenvalue weighted by Gasteiger charge is -2.07. The van der Waals surface area contributed by atoms with Gasteiger partial charge in [-0.05, 0) is 24.3 Å². The van der Waals surface area contributed by atoms with Gasteiger partial charge < -0.3 is 4.74 Å². The summed E-state index contributed by atoms with van der Waals surface area (Å²) in [5, 5.41) is 10.6. The fraction of sp³-hybridized carbons (Fsp3) is 0.133. The van der Waals surface area contributed by atoms with E-state index in [1.807, 2.05) is 24.3 Å². The van der Waals surface area contributed by atoms with E-state index in [-0.39, 0.29) is 17.2 Å². The van der Waals surface area contributed by atoms with Crippen LogP contribution < -0.4 is 4.74 Å². The Hall–Kier alpha value is -2.34. The molecule has 0 spiro atoms. The molecule has 2 aromatic rings. The normalized spacial score (nSPS) is 10.1. The molecular formula is C15H13NO4S. The van der Waals surface area contributed by atoms with Crippen molar-refractivity contribution in [3.05, 3.63) is 64.2 Å². The molecule has 0 unspecified atom stereocenters. The number of carbonyl (C=O) groups excluding carboxylic acids is 1. The van der Waals surface area contributed by atoms with E-state index in [1.165, 1.54) is 36.0 Å². The molecule has 0 aliphatic rings. The lowest BCUT2D eigenvalue weighted by Crippen LogP contribution is -2.02. The van der Waals surface area contributed by atoms with Gasteiger partial charge in [0.15, 0.2) is 5.78 Å². The lowest BCUT2D eigenvalue weighted by atomic mass is 10.1. The summed E-state index contributed by atoms with van der Waals surface area (Å²) in [5.74, 6) is 0.887. The molecule has 0 saturated heterocycles. The zero-order valence-electron chi connectivity index (χ0n) is 11.3. The van der Waals surface area contributed by atoms with Crippen LogP contribution in [0.15, 0.2) is 53.4 Å². The maximum absolute atomic E-state index is 12.1. The Bertz CT molecular complexity index is 655. The molecule has 2 aromatic carbocycles. The molecule has 5 nitrogen and oxygen atoms in total. The second-order valence-electron chi connectivity index (χ2n) is 4.17. The molecule has 0 heterocycles. The largest absolute Gasteiger partial charge is 0.496 e. The van der Waals surface area contributed by atoms with Crippen LogP contribution in [0.25, 0.3) is 0 Å². The molecule has 21 heavy (non-hydrogen) atoms. The van der Waals surface area contributed by atoms with E-state index in [9.17, 15) is 14.9 Å². The highest BCUT2D eigenvalue weighted by Crippen LogP contribution is 2.29. The average Bonchev–Trinajstić information content (AvgIpc) is 2.52. The maximum Gasteiger partial charge on any atom is 0.269 e. The summed E-state index contributed by atoms with van der Waals surface area (Å²) in [7, 11) is 1.58. The predicted octanol–water partition coefficient (Wildman–Crippen LogP) is 3.58. The van der Waals surface area contributed by atoms with Crippen molar-refractivity contribution in [1.82, 2.24) is 0 Å². The third kappa shape index (κ3) is 3.82. The van der Waals surface area contributed by atoms with Crippen molar-refractivity contribution in [3.8, 4) is 5.75 Å². The molecule has 0 aromatic heterocycles. The number of non-ortho nitro benzene ring substituents is 1. The molecular weight excluding hydrogens is 290 g/mol. The molecule has 0 aliphatic carbocycles. The zero-order chi connectivity index (χ0) is 15.2. The molecule has 0 radical (unpaired) electrons. The van der Waals surface area contributed by atoms with Crippen LogP contribution in [-0.2, 0) is 0 Å². The van der Waals surface area contributed by atoms with Gasteiger partial charge in [0, 0.05) is 22.6 Å². The van der Waals surface area contributed by atoms with E-state index < -0.39 is 4.92 Å². The summed E-state index contributed by atoms with van der Waals surface area (Å²) < 4.78 is 5.22. The fourth-order valence-corrected chi connectivity index (χ4v) is 2.66. The lowest BCUT2D eigenvalue weighted by molar-refractivity contribution is -0.384. The number of carbonyl (C=O) groups is 1. The van der Waals surface area contributed by atoms with E-state index in [4.69, 9.17) is 4.74 Å². The summed E-state index contributed by atoms with van der Waals surface area (Å²) in [6.45, 7) is 0. The molecule has 0 saturated carbocycles. The number of ketones is 1. The topological polar surface area (TPSA) is 69.4 Å². The third-order valence-electron chi connectivity index (χ3n) is 2.83. The van der Waals surface area contributed by atoms with Gasteiger partial charge in [-0.2, -0.15) is 0 Å². The number of para-hydroxylation sites is 1. The molecule has 0 atom stereocenters. The molecule has 0 amide bonds. The van der Waals surface area contributed by atoms with Gasteiger partial charge in [-0.3, -0.25) is 14.9 Å². The number of benzene rings is 2. The Labute approximate surface area is 126 Å². The van der Waals surface area contributed by atoms with Crippen LogP contribution in [-0.4, -0.2) is 23.6 Å². The van der Waals surface area contributed by atoms with Crippen molar-refractivity contribution >= 4 is 23.2 Å². The van der Waals surface area contributed by atoms with Crippen molar-refractivity contribution < 1.29 is 14.5 Å². The number of ether oxygens (including phenoxy) is 1. The van der Waals surface area contributed by atoms with Gasteiger partial charge in [0.2, 0.25) is 0 Å². The second kappa shape index (κ2) is 6.90. The summed E-state index contributed by atoms with van der Waals surface area (Å²) in [5.41, 5.74) is 0.437. The van der Waals surface area contributed by atoms with Crippen molar-refractivity contribution in [3.63, 3.8) is 0 Å². The summed E-state index contributed by atoms with van der Waals surface area (Å²) in [4.78, 5) is 23.0. The highest BCUT2D eigenvalue weighted by atomic mass is 32.2. The first kappa shape index (κ1) is 15.1. The van der Waals surface area contributed by atoms with Crippen molar-refractivity contribution in [2.45, 2.75) is 4.90 Å². The predicted molar refractivity (Wildman–Crippen MR) is 81.1 cm³/mol. The van der Waals surface area contributed by atoms with Crippen LogP contribution in [0.1, 0.15) is 10.4 Å². The Morgan fingerprint density at radius 1 is 1.19 bits per heavy atom. The van der Waals surface area contributed by atoms with Gasteiger partial charge in [-0.1, -0.05) is 12.1 Å². The Balaban J connectivity index is 2.03. The monoisotopic (exact) mass is 303 g/mol. The number of hydrogen-bond donors (Lipinski definition) is 0. The molecule has 0 bridgehead atoms. The molecule has 6 heteroatoms. The Morgan fingerprint density at radius 2 is 1.86 bits per heavy atom. The molecule has 0 fully saturated rings. The van der Waals surface area contributed by atoms with Crippen LogP contribution in [0.4, 0.5) is 5.69 Å². The van der Waals surface area contributed by atoms with Gasteiger partial charge in [0.25, 0.3) is 5.69 Å². The Kier molecular flexibility index (Phi) is 4.94. The van der Waals surface area contributed by atoms with Gasteiger partial charge in [0.05, 0.1) is 17.8 Å². The highest BCUT2D eigenvalue weighted by Gasteiger charge is 2.11. The summed E-state index contributed by atoms with van der Waals surface area (Å²) >= 11 is 1.38. The smallest absolute Gasteiger partial charge is 0.269 e. The van der Waals surface area contributed by atoms with Crippen LogP contribution in [0, 0.1) is 10.1 Å². The number of methoxy groups -OCH3 is 1. The summed E-state index contributed by atoms with van der Waals surface area (Å²) in [6.07, 6.45) is 0. The number of rotatable bonds is 6. The average molecular weight is 303 g/mol. The third-order valence-corrected chi connectivity index (χ3v) is 3.88. The molecule has 0 aliphatic heterocycles. The van der Waals surface area contributed by atoms with E-state index in [2.05, 4.69) is 0 Å². The molecule has 2 rings (SSSR count). The minimum atomic E-state index is -0.488. The quantitative estimate of drug-likeness (QED) is 0.353. The van der Waals surface area contributed by atoms with Crippen LogP contribution in [0.2, 0.25) is 0 Å². The standard InChI is InChI=1S/C15H13NO4S/c1-20-14-4-2-3-5-15(14)21-10-13(17)11-6-8-12(9-7-11)16(18)19/h2-9H,10H2,1H3. The van der Waals surface area contributed by atoms with Crippen molar-refractivity contribution in [2.75, 3.05) is 12.9 Å². The first-order chi connectivity index (χ1) is 10.1. The molecule has 0 N–H and O–H groups in total. The number of Topliss-reactive ketones (excluding diaryl/α,β-unsaturated/α-hetero) is 1. The number of nitrogens with zero attached hydrogens (tertiary/aromatic N) is 1. The minimum Gasteiger partial charge on any atom is -0.496 e. The number of hydrogen-bond acceptors (Lipinski definition) is 5. The van der Waals surface area contributed by atoms with E-state index >= 15 is 0 Å². The van der Waals surface area contributed by atoms with Gasteiger partial charge >= 0.3 is 0 Å². The van der Waals surface area contributed by atoms with Crippen molar-refractivity contribution in [1.29, 1.82) is 0 Å². The summed E-state index contributed by atoms with van der Waals surface area (Å²) in [6, 6.07) is 13.1. The minimum absolute atomic E-state index is 0.0241. The number of thioether (sulfide) groups is 1. The maximum atomic E-state index is 12.1. The van der Waals surface area contributed by atoms with Gasteiger partial charge in [-0.25, -0.2) is 0 Å². The zero-order valence-corrected chi connectivity index (χ0v) is 12.1. The Morgan fingerprint density at radius 3 is 2.48 bits per heavy atom. The van der Waals surface area contributed by atoms with Gasteiger partial charge in [0.1, 0.15) is 5.75 Å². The first-order valence-corrected chi connectivity index (χ1v) is 7.14. The fourth-order valence-electron chi connectivity index (χ4n) is 1.73. The van der Waals surface area contributed by atoms with E-state index in [1.54, 1.807) is 7.11 Å². The number of nitro benzene ring substituents is 1.